The van der Waals surface area contributed by atoms with Crippen molar-refractivity contribution in [3.05, 3.63) is 28.2 Å². The van der Waals surface area contributed by atoms with E-state index < -0.39 is 0 Å². The number of quaternary nitrogens is 1. The van der Waals surface area contributed by atoms with Crippen molar-refractivity contribution < 1.29 is 9.28 Å². The monoisotopic (exact) mass is 356 g/mol. The fourth-order valence-electron chi connectivity index (χ4n) is 3.37. The smallest absolute Gasteiger partial charge is 0.322 e. The number of likely N-dealkylation sites (N-methyl/N-ethyl adjacent to an activating group) is 1. The Morgan fingerprint density at radius 2 is 1.91 bits per heavy atom. The predicted molar refractivity (Wildman–Crippen MR) is 95.2 cm³/mol. The second-order valence-corrected chi connectivity index (χ2v) is 7.99. The summed E-state index contributed by atoms with van der Waals surface area (Å²) in [4.78, 5) is 14.4. The molecule has 0 aromatic heterocycles. The average Bonchev–Trinajstić information content (AvgIpc) is 3.26. The standard InChI is InChI=1S/C17H23Cl2N3O/c1-22(12-13-3-4-13)7-2-5-21(6-8-22)17(23)20-16-10-14(18)9-15(19)11-16/h9-11,13H,2-8,12H2,1H3/p+1. The van der Waals surface area contributed by atoms with Crippen LogP contribution in [0.2, 0.25) is 10.0 Å². The third kappa shape index (κ3) is 4.75. The van der Waals surface area contributed by atoms with Crippen molar-refractivity contribution in [1.29, 1.82) is 0 Å². The molecule has 1 unspecified atom stereocenters. The van der Waals surface area contributed by atoms with Gasteiger partial charge in [0, 0.05) is 34.6 Å². The van der Waals surface area contributed by atoms with Crippen LogP contribution in [0.25, 0.3) is 0 Å². The molecule has 4 nitrogen and oxygen atoms in total. The van der Waals surface area contributed by atoms with Gasteiger partial charge < -0.3 is 14.7 Å². The quantitative estimate of drug-likeness (QED) is 0.812. The van der Waals surface area contributed by atoms with Crippen LogP contribution < -0.4 is 5.32 Å². The third-order valence-corrected chi connectivity index (χ3v) is 5.27. The first-order valence-corrected chi connectivity index (χ1v) is 9.05. The molecule has 126 valence electrons. The average molecular weight is 357 g/mol. The van der Waals surface area contributed by atoms with E-state index in [4.69, 9.17) is 23.2 Å². The fraction of sp³-hybridized carbons (Fsp3) is 0.588. The topological polar surface area (TPSA) is 32.3 Å². The Hall–Kier alpha value is -0.970. The maximum absolute atomic E-state index is 12.5. The first-order chi connectivity index (χ1) is 10.9. The van der Waals surface area contributed by atoms with Gasteiger partial charge >= 0.3 is 6.03 Å². The molecule has 1 saturated carbocycles. The van der Waals surface area contributed by atoms with E-state index in [1.807, 2.05) is 4.90 Å². The minimum absolute atomic E-state index is 0.0665. The van der Waals surface area contributed by atoms with Crippen LogP contribution in [0.1, 0.15) is 19.3 Å². The number of anilines is 1. The van der Waals surface area contributed by atoms with Crippen molar-refractivity contribution in [2.45, 2.75) is 19.3 Å². The number of hydrogen-bond acceptors (Lipinski definition) is 1. The van der Waals surface area contributed by atoms with Gasteiger partial charge in [0.25, 0.3) is 0 Å². The van der Waals surface area contributed by atoms with Gasteiger partial charge in [-0.25, -0.2) is 4.79 Å². The molecule has 0 radical (unpaired) electrons. The van der Waals surface area contributed by atoms with Gasteiger partial charge in [-0.15, -0.1) is 0 Å². The van der Waals surface area contributed by atoms with Crippen molar-refractivity contribution >= 4 is 34.9 Å². The first kappa shape index (κ1) is 16.9. The van der Waals surface area contributed by atoms with Gasteiger partial charge in [0.05, 0.1) is 33.2 Å². The molecule has 1 atom stereocenters. The molecule has 1 saturated heterocycles. The van der Waals surface area contributed by atoms with Crippen LogP contribution in [0.4, 0.5) is 10.5 Å². The lowest BCUT2D eigenvalue weighted by Gasteiger charge is -2.33. The summed E-state index contributed by atoms with van der Waals surface area (Å²) in [6.45, 7) is 5.05. The summed E-state index contributed by atoms with van der Waals surface area (Å²) in [5.74, 6) is 0.911. The zero-order chi connectivity index (χ0) is 16.4. The molecule has 1 aliphatic carbocycles. The first-order valence-electron chi connectivity index (χ1n) is 8.29. The van der Waals surface area contributed by atoms with Gasteiger partial charge in [0.1, 0.15) is 0 Å². The van der Waals surface area contributed by atoms with Crippen molar-refractivity contribution in [1.82, 2.24) is 4.90 Å². The lowest BCUT2D eigenvalue weighted by molar-refractivity contribution is -0.909. The lowest BCUT2D eigenvalue weighted by Crippen LogP contribution is -2.48. The number of benzene rings is 1. The van der Waals surface area contributed by atoms with Crippen LogP contribution >= 0.6 is 23.2 Å². The highest BCUT2D eigenvalue weighted by atomic mass is 35.5. The number of carbonyl (C=O) groups excluding carboxylic acids is 1. The Kier molecular flexibility index (Phi) is 5.04. The van der Waals surface area contributed by atoms with Gasteiger partial charge in [-0.3, -0.25) is 0 Å². The maximum Gasteiger partial charge on any atom is 0.322 e. The number of nitrogens with zero attached hydrogens (tertiary/aromatic N) is 2. The van der Waals surface area contributed by atoms with Crippen LogP contribution in [0.15, 0.2) is 18.2 Å². The fourth-order valence-corrected chi connectivity index (χ4v) is 3.89. The number of amides is 2. The van der Waals surface area contributed by atoms with E-state index in [2.05, 4.69) is 12.4 Å². The molecule has 2 fully saturated rings. The van der Waals surface area contributed by atoms with E-state index >= 15 is 0 Å². The van der Waals surface area contributed by atoms with Crippen LogP contribution in [0.3, 0.4) is 0 Å². The minimum atomic E-state index is -0.0665. The Morgan fingerprint density at radius 1 is 1.22 bits per heavy atom. The summed E-state index contributed by atoms with van der Waals surface area (Å²) in [7, 11) is 2.33. The van der Waals surface area contributed by atoms with Crippen molar-refractivity contribution in [2.24, 2.45) is 5.92 Å². The van der Waals surface area contributed by atoms with Crippen LogP contribution in [0, 0.1) is 5.92 Å². The van der Waals surface area contributed by atoms with Crippen molar-refractivity contribution in [2.75, 3.05) is 45.1 Å². The van der Waals surface area contributed by atoms with Crippen LogP contribution in [-0.4, -0.2) is 55.2 Å². The molecule has 1 N–H and O–H groups in total. The molecule has 1 aliphatic heterocycles. The SMILES string of the molecule is C[N+]1(CC2CC2)CCCN(C(=O)Nc2cc(Cl)cc(Cl)c2)CC1. The molecule has 23 heavy (non-hydrogen) atoms. The molecule has 1 aromatic carbocycles. The highest BCUT2D eigenvalue weighted by Crippen LogP contribution is 2.32. The summed E-state index contributed by atoms with van der Waals surface area (Å²) < 4.78 is 1.09. The van der Waals surface area contributed by atoms with Crippen LogP contribution in [-0.2, 0) is 0 Å². The number of carbonyl (C=O) groups is 1. The van der Waals surface area contributed by atoms with Gasteiger partial charge in [0.15, 0.2) is 0 Å². The normalized spacial score (nSPS) is 25.1. The molecule has 6 heteroatoms. The van der Waals surface area contributed by atoms with E-state index in [9.17, 15) is 4.79 Å². The summed E-state index contributed by atoms with van der Waals surface area (Å²) in [5.41, 5.74) is 0.645. The lowest BCUT2D eigenvalue weighted by atomic mass is 10.3. The Bertz CT molecular complexity index is 571. The van der Waals surface area contributed by atoms with Gasteiger partial charge in [-0.05, 0) is 31.0 Å². The Morgan fingerprint density at radius 3 is 2.57 bits per heavy atom. The Labute approximate surface area is 147 Å². The number of rotatable bonds is 3. The third-order valence-electron chi connectivity index (χ3n) is 4.83. The molecule has 1 aromatic rings. The number of nitrogens with one attached hydrogen (secondary N) is 1. The number of urea groups is 1. The van der Waals surface area contributed by atoms with Gasteiger partial charge in [0.2, 0.25) is 0 Å². The Balaban J connectivity index is 1.59. The highest BCUT2D eigenvalue weighted by Gasteiger charge is 2.35. The second kappa shape index (κ2) is 6.88. The van der Waals surface area contributed by atoms with Gasteiger partial charge in [-0.1, -0.05) is 23.2 Å². The molecule has 0 spiro atoms. The zero-order valence-electron chi connectivity index (χ0n) is 13.5. The largest absolute Gasteiger partial charge is 0.324 e. The molecular formula is C17H24Cl2N3O+. The van der Waals surface area contributed by atoms with Crippen molar-refractivity contribution in [3.8, 4) is 0 Å². The molecular weight excluding hydrogens is 333 g/mol. The molecule has 1 heterocycles. The predicted octanol–water partition coefficient (Wildman–Crippen LogP) is 4.09. The van der Waals surface area contributed by atoms with Crippen LogP contribution in [0.5, 0.6) is 0 Å². The second-order valence-electron chi connectivity index (χ2n) is 7.12. The highest BCUT2D eigenvalue weighted by molar-refractivity contribution is 6.35. The molecule has 2 amide bonds. The van der Waals surface area contributed by atoms with Gasteiger partial charge in [-0.2, -0.15) is 0 Å². The summed E-state index contributed by atoms with van der Waals surface area (Å²) in [6, 6.07) is 5.03. The molecule has 2 aliphatic rings. The number of halogens is 2. The van der Waals surface area contributed by atoms with E-state index in [0.29, 0.717) is 15.7 Å². The zero-order valence-corrected chi connectivity index (χ0v) is 15.0. The molecule has 3 rings (SSSR count). The minimum Gasteiger partial charge on any atom is -0.324 e. The van der Waals surface area contributed by atoms with E-state index in [-0.39, 0.29) is 6.03 Å². The maximum atomic E-state index is 12.5. The van der Waals surface area contributed by atoms with E-state index in [0.717, 1.165) is 43.0 Å². The summed E-state index contributed by atoms with van der Waals surface area (Å²) >= 11 is 12.0. The van der Waals surface area contributed by atoms with Crippen molar-refractivity contribution in [3.63, 3.8) is 0 Å². The summed E-state index contributed by atoms with van der Waals surface area (Å²) in [5, 5.41) is 3.96. The molecule has 0 bridgehead atoms. The van der Waals surface area contributed by atoms with E-state index in [1.165, 1.54) is 19.4 Å². The number of hydrogen-bond donors (Lipinski definition) is 1. The van der Waals surface area contributed by atoms with E-state index in [1.54, 1.807) is 18.2 Å². The summed E-state index contributed by atoms with van der Waals surface area (Å²) in [6.07, 6.45) is 3.81.